The fraction of sp³-hybridized carbons (Fsp3) is 0.385. The molecule has 0 bridgehead atoms. The monoisotopic (exact) mass is 246 g/mol. The largest absolute Gasteiger partial charge is 0.339 e. The van der Waals surface area contributed by atoms with Gasteiger partial charge >= 0.3 is 0 Å². The maximum absolute atomic E-state index is 5.62. The first-order valence-electron chi connectivity index (χ1n) is 6.16. The normalized spacial score (nSPS) is 10.6. The van der Waals surface area contributed by atoms with E-state index in [0.29, 0.717) is 18.4 Å². The summed E-state index contributed by atoms with van der Waals surface area (Å²) in [4.78, 5) is 6.45. The summed E-state index contributed by atoms with van der Waals surface area (Å²) in [6, 6.07) is 7.84. The van der Waals surface area contributed by atoms with Crippen molar-refractivity contribution in [2.24, 2.45) is 5.73 Å². The lowest BCUT2D eigenvalue weighted by molar-refractivity contribution is 0.429. The van der Waals surface area contributed by atoms with Crippen molar-refractivity contribution in [2.45, 2.75) is 20.4 Å². The molecular formula is C13H18N4O. The van der Waals surface area contributed by atoms with Crippen LogP contribution >= 0.6 is 0 Å². The van der Waals surface area contributed by atoms with Gasteiger partial charge in [-0.1, -0.05) is 12.1 Å². The molecule has 0 radical (unpaired) electrons. The first-order chi connectivity index (χ1) is 8.78. The molecule has 18 heavy (non-hydrogen) atoms. The van der Waals surface area contributed by atoms with Gasteiger partial charge in [0, 0.05) is 25.2 Å². The van der Waals surface area contributed by atoms with E-state index in [1.54, 1.807) is 0 Å². The molecule has 96 valence electrons. The Hall–Kier alpha value is -1.88. The average molecular weight is 246 g/mol. The van der Waals surface area contributed by atoms with E-state index in [1.165, 1.54) is 0 Å². The zero-order valence-corrected chi connectivity index (χ0v) is 10.8. The van der Waals surface area contributed by atoms with Crippen LogP contribution in [0, 0.1) is 0 Å². The van der Waals surface area contributed by atoms with Crippen molar-refractivity contribution >= 4 is 5.95 Å². The average Bonchev–Trinajstić information content (AvgIpc) is 2.90. The summed E-state index contributed by atoms with van der Waals surface area (Å²) in [7, 11) is 0. The Balaban J connectivity index is 2.28. The number of aromatic nitrogens is 2. The fourth-order valence-corrected chi connectivity index (χ4v) is 1.80. The second-order valence-electron chi connectivity index (χ2n) is 3.98. The predicted molar refractivity (Wildman–Crippen MR) is 71.2 cm³/mol. The topological polar surface area (TPSA) is 68.2 Å². The van der Waals surface area contributed by atoms with Crippen LogP contribution in [-0.2, 0) is 6.54 Å². The highest BCUT2D eigenvalue weighted by molar-refractivity contribution is 5.55. The summed E-state index contributed by atoms with van der Waals surface area (Å²) in [5, 5.41) is 4.00. The van der Waals surface area contributed by atoms with Crippen molar-refractivity contribution in [3.63, 3.8) is 0 Å². The minimum atomic E-state index is 0.505. The van der Waals surface area contributed by atoms with Gasteiger partial charge in [-0.2, -0.15) is 4.98 Å². The second-order valence-corrected chi connectivity index (χ2v) is 3.98. The standard InChI is InChI=1S/C13H18N4O/c1-3-17(4-2)13-15-12(18-16-13)11-7-5-6-10(8-11)9-14/h5-8H,3-4,9,14H2,1-2H3. The van der Waals surface area contributed by atoms with Crippen molar-refractivity contribution in [2.75, 3.05) is 18.0 Å². The summed E-state index contributed by atoms with van der Waals surface area (Å²) < 4.78 is 5.29. The zero-order valence-electron chi connectivity index (χ0n) is 10.8. The molecule has 2 aromatic rings. The molecule has 5 heteroatoms. The summed E-state index contributed by atoms with van der Waals surface area (Å²) >= 11 is 0. The van der Waals surface area contributed by atoms with Gasteiger partial charge in [-0.25, -0.2) is 0 Å². The maximum Gasteiger partial charge on any atom is 0.266 e. The number of rotatable bonds is 5. The maximum atomic E-state index is 5.62. The molecule has 0 aliphatic carbocycles. The molecule has 0 spiro atoms. The molecule has 0 aliphatic heterocycles. The van der Waals surface area contributed by atoms with E-state index < -0.39 is 0 Å². The highest BCUT2D eigenvalue weighted by Gasteiger charge is 2.12. The van der Waals surface area contributed by atoms with Crippen LogP contribution in [0.2, 0.25) is 0 Å². The van der Waals surface area contributed by atoms with Gasteiger partial charge in [0.2, 0.25) is 0 Å². The third-order valence-electron chi connectivity index (χ3n) is 2.87. The fourth-order valence-electron chi connectivity index (χ4n) is 1.80. The van der Waals surface area contributed by atoms with Gasteiger partial charge in [0.1, 0.15) is 0 Å². The van der Waals surface area contributed by atoms with Gasteiger partial charge in [-0.3, -0.25) is 0 Å². The summed E-state index contributed by atoms with van der Waals surface area (Å²) in [6.45, 7) is 6.35. The zero-order chi connectivity index (χ0) is 13.0. The summed E-state index contributed by atoms with van der Waals surface area (Å²) in [6.07, 6.45) is 0. The van der Waals surface area contributed by atoms with E-state index >= 15 is 0 Å². The number of nitrogens with zero attached hydrogens (tertiary/aromatic N) is 3. The third kappa shape index (κ3) is 2.51. The summed E-state index contributed by atoms with van der Waals surface area (Å²) in [5.74, 6) is 1.17. The predicted octanol–water partition coefficient (Wildman–Crippen LogP) is 2.04. The van der Waals surface area contributed by atoms with E-state index in [4.69, 9.17) is 10.3 Å². The molecule has 0 amide bonds. The molecule has 0 atom stereocenters. The van der Waals surface area contributed by atoms with Gasteiger partial charge in [-0.15, -0.1) is 0 Å². The van der Waals surface area contributed by atoms with Crippen LogP contribution < -0.4 is 10.6 Å². The molecule has 0 fully saturated rings. The Morgan fingerprint density at radius 3 is 2.72 bits per heavy atom. The van der Waals surface area contributed by atoms with Crippen molar-refractivity contribution in [3.8, 4) is 11.5 Å². The van der Waals surface area contributed by atoms with E-state index in [9.17, 15) is 0 Å². The Labute approximate surface area is 107 Å². The Kier molecular flexibility index (Phi) is 3.94. The van der Waals surface area contributed by atoms with Crippen LogP contribution in [0.3, 0.4) is 0 Å². The van der Waals surface area contributed by atoms with Gasteiger partial charge in [0.25, 0.3) is 11.8 Å². The lowest BCUT2D eigenvalue weighted by atomic mass is 10.1. The highest BCUT2D eigenvalue weighted by Crippen LogP contribution is 2.21. The minimum Gasteiger partial charge on any atom is -0.339 e. The van der Waals surface area contributed by atoms with E-state index in [-0.39, 0.29) is 0 Å². The van der Waals surface area contributed by atoms with E-state index in [0.717, 1.165) is 24.2 Å². The van der Waals surface area contributed by atoms with Crippen molar-refractivity contribution < 1.29 is 4.52 Å². The molecule has 2 rings (SSSR count). The molecule has 0 saturated heterocycles. The first kappa shape index (κ1) is 12.6. The Morgan fingerprint density at radius 2 is 2.06 bits per heavy atom. The SMILES string of the molecule is CCN(CC)c1noc(-c2cccc(CN)c2)n1. The van der Waals surface area contributed by atoms with Gasteiger partial charge in [-0.05, 0) is 36.7 Å². The van der Waals surface area contributed by atoms with Crippen LogP contribution in [0.4, 0.5) is 5.95 Å². The smallest absolute Gasteiger partial charge is 0.266 e. The number of anilines is 1. The van der Waals surface area contributed by atoms with Crippen LogP contribution in [-0.4, -0.2) is 23.2 Å². The number of nitrogens with two attached hydrogens (primary N) is 1. The number of benzene rings is 1. The van der Waals surface area contributed by atoms with E-state index in [2.05, 4.69) is 24.0 Å². The number of hydrogen-bond donors (Lipinski definition) is 1. The third-order valence-corrected chi connectivity index (χ3v) is 2.87. The van der Waals surface area contributed by atoms with Gasteiger partial charge < -0.3 is 15.2 Å². The first-order valence-corrected chi connectivity index (χ1v) is 6.16. The molecule has 5 nitrogen and oxygen atoms in total. The lowest BCUT2D eigenvalue weighted by Crippen LogP contribution is -2.22. The summed E-state index contributed by atoms with van der Waals surface area (Å²) in [5.41, 5.74) is 7.58. The van der Waals surface area contributed by atoms with Crippen molar-refractivity contribution in [3.05, 3.63) is 29.8 Å². The minimum absolute atomic E-state index is 0.505. The molecule has 1 aromatic carbocycles. The second kappa shape index (κ2) is 5.64. The highest BCUT2D eigenvalue weighted by atomic mass is 16.5. The molecule has 0 saturated carbocycles. The van der Waals surface area contributed by atoms with Gasteiger partial charge in [0.15, 0.2) is 0 Å². The van der Waals surface area contributed by atoms with Crippen LogP contribution in [0.25, 0.3) is 11.5 Å². The quantitative estimate of drug-likeness (QED) is 0.874. The van der Waals surface area contributed by atoms with Crippen LogP contribution in [0.5, 0.6) is 0 Å². The molecule has 0 aliphatic rings. The molecule has 2 N–H and O–H groups in total. The van der Waals surface area contributed by atoms with Crippen LogP contribution in [0.15, 0.2) is 28.8 Å². The van der Waals surface area contributed by atoms with Crippen LogP contribution in [0.1, 0.15) is 19.4 Å². The Bertz CT molecular complexity index is 505. The molecule has 1 heterocycles. The molecular weight excluding hydrogens is 228 g/mol. The van der Waals surface area contributed by atoms with Crippen molar-refractivity contribution in [1.82, 2.24) is 10.1 Å². The Morgan fingerprint density at radius 1 is 1.28 bits per heavy atom. The molecule has 1 aromatic heterocycles. The van der Waals surface area contributed by atoms with Crippen molar-refractivity contribution in [1.29, 1.82) is 0 Å². The van der Waals surface area contributed by atoms with E-state index in [1.807, 2.05) is 29.2 Å². The number of hydrogen-bond acceptors (Lipinski definition) is 5. The lowest BCUT2D eigenvalue weighted by Gasteiger charge is -2.14. The van der Waals surface area contributed by atoms with Gasteiger partial charge in [0.05, 0.1) is 0 Å². The molecule has 0 unspecified atom stereocenters.